The number of rotatable bonds is 6. The van der Waals surface area contributed by atoms with E-state index in [0.29, 0.717) is 23.9 Å². The van der Waals surface area contributed by atoms with Gasteiger partial charge in [-0.2, -0.15) is 0 Å². The first-order valence-corrected chi connectivity index (χ1v) is 6.48. The van der Waals surface area contributed by atoms with Gasteiger partial charge in [-0.05, 0) is 42.5 Å². The molecule has 0 bridgehead atoms. The topological polar surface area (TPSA) is 49.3 Å². The number of carboxylic acids is 1. The van der Waals surface area contributed by atoms with Gasteiger partial charge in [0.05, 0.1) is 0 Å². The number of benzene rings is 1. The largest absolute Gasteiger partial charge is 0.480 e. The number of halogens is 1. The number of hydrogen-bond donors (Lipinski definition) is 2. The average Bonchev–Trinajstić information content (AvgIpc) is 2.21. The molecule has 1 atom stereocenters. The Kier molecular flexibility index (Phi) is 5.63. The summed E-state index contributed by atoms with van der Waals surface area (Å²) >= 11 is 5.97. The Morgan fingerprint density at radius 2 is 2.06 bits per heavy atom. The van der Waals surface area contributed by atoms with E-state index in [2.05, 4.69) is 5.32 Å². The first kappa shape index (κ1) is 15.0. The number of hydrogen-bond acceptors (Lipinski definition) is 2. The molecule has 0 aliphatic carbocycles. The lowest BCUT2D eigenvalue weighted by Crippen LogP contribution is -2.37. The van der Waals surface area contributed by atoms with Gasteiger partial charge in [0.25, 0.3) is 0 Å². The van der Waals surface area contributed by atoms with Gasteiger partial charge in [0, 0.05) is 11.6 Å². The fourth-order valence-electron chi connectivity index (χ4n) is 1.90. The van der Waals surface area contributed by atoms with Crippen molar-refractivity contribution >= 4 is 17.6 Å². The molecule has 0 aliphatic rings. The molecule has 0 unspecified atom stereocenters. The van der Waals surface area contributed by atoms with Gasteiger partial charge in [0.15, 0.2) is 0 Å². The Morgan fingerprint density at radius 1 is 1.39 bits per heavy atom. The van der Waals surface area contributed by atoms with Crippen LogP contribution in [0.1, 0.15) is 31.4 Å². The molecular formula is C14H20ClNO2. The number of nitrogens with one attached hydrogen (secondary N) is 1. The van der Waals surface area contributed by atoms with Crippen molar-refractivity contribution in [2.45, 2.75) is 39.8 Å². The second-order valence-corrected chi connectivity index (χ2v) is 5.47. The van der Waals surface area contributed by atoms with Gasteiger partial charge < -0.3 is 10.4 Å². The van der Waals surface area contributed by atoms with E-state index in [-0.39, 0.29) is 0 Å². The molecule has 0 spiro atoms. The fraction of sp³-hybridized carbons (Fsp3) is 0.500. The van der Waals surface area contributed by atoms with Gasteiger partial charge >= 0.3 is 5.97 Å². The first-order chi connectivity index (χ1) is 8.38. The Bertz CT molecular complexity index is 398. The van der Waals surface area contributed by atoms with Crippen molar-refractivity contribution in [3.05, 3.63) is 34.3 Å². The molecular weight excluding hydrogens is 250 g/mol. The summed E-state index contributed by atoms with van der Waals surface area (Å²) < 4.78 is 0. The van der Waals surface area contributed by atoms with Crippen molar-refractivity contribution in [3.63, 3.8) is 0 Å². The second kappa shape index (κ2) is 6.76. The third-order valence-electron chi connectivity index (χ3n) is 2.66. The highest BCUT2D eigenvalue weighted by atomic mass is 35.5. The summed E-state index contributed by atoms with van der Waals surface area (Å²) in [6, 6.07) is 5.24. The lowest BCUT2D eigenvalue weighted by molar-refractivity contribution is -0.140. The number of aryl methyl sites for hydroxylation is 1. The summed E-state index contributed by atoms with van der Waals surface area (Å²) in [4.78, 5) is 11.1. The van der Waals surface area contributed by atoms with Crippen LogP contribution in [-0.4, -0.2) is 17.1 Å². The Labute approximate surface area is 113 Å². The molecule has 2 N–H and O–H groups in total. The van der Waals surface area contributed by atoms with E-state index in [1.807, 2.05) is 39.0 Å². The number of carbonyl (C=O) groups is 1. The van der Waals surface area contributed by atoms with Gasteiger partial charge in [-0.3, -0.25) is 4.79 Å². The summed E-state index contributed by atoms with van der Waals surface area (Å²) in [5.74, 6) is -0.456. The molecule has 0 amide bonds. The molecule has 0 saturated heterocycles. The van der Waals surface area contributed by atoms with Crippen LogP contribution in [0.2, 0.25) is 5.02 Å². The average molecular weight is 270 g/mol. The van der Waals surface area contributed by atoms with Crippen LogP contribution in [0.5, 0.6) is 0 Å². The van der Waals surface area contributed by atoms with Gasteiger partial charge in [-0.15, -0.1) is 0 Å². The highest BCUT2D eigenvalue weighted by Gasteiger charge is 2.17. The Hall–Kier alpha value is -1.06. The van der Waals surface area contributed by atoms with E-state index in [1.165, 1.54) is 0 Å². The standard InChI is InChI=1S/C14H20ClNO2/c1-9(2)4-13(14(17)18)16-8-11-5-10(3)6-12(15)7-11/h5-7,9,13,16H,4,8H2,1-3H3,(H,17,18)/t13-/m1/s1. The monoisotopic (exact) mass is 269 g/mol. The van der Waals surface area contributed by atoms with E-state index in [1.54, 1.807) is 0 Å². The predicted octanol–water partition coefficient (Wildman–Crippen LogP) is 3.24. The zero-order valence-corrected chi connectivity index (χ0v) is 11.8. The molecule has 1 aromatic rings. The van der Waals surface area contributed by atoms with Crippen LogP contribution in [0.25, 0.3) is 0 Å². The third kappa shape index (κ3) is 5.07. The van der Waals surface area contributed by atoms with Gasteiger partial charge in [-0.25, -0.2) is 0 Å². The molecule has 18 heavy (non-hydrogen) atoms. The molecule has 0 heterocycles. The van der Waals surface area contributed by atoms with E-state index < -0.39 is 12.0 Å². The van der Waals surface area contributed by atoms with Crippen LogP contribution in [0, 0.1) is 12.8 Å². The van der Waals surface area contributed by atoms with Crippen molar-refractivity contribution < 1.29 is 9.90 Å². The molecule has 0 saturated carbocycles. The highest BCUT2D eigenvalue weighted by molar-refractivity contribution is 6.30. The SMILES string of the molecule is Cc1cc(Cl)cc(CN[C@H](CC(C)C)C(=O)O)c1. The lowest BCUT2D eigenvalue weighted by Gasteiger charge is -2.16. The summed E-state index contributed by atoms with van der Waals surface area (Å²) in [6.07, 6.45) is 0.620. The minimum atomic E-state index is -0.803. The van der Waals surface area contributed by atoms with Crippen molar-refractivity contribution in [2.24, 2.45) is 5.92 Å². The van der Waals surface area contributed by atoms with Gasteiger partial charge in [0.2, 0.25) is 0 Å². The van der Waals surface area contributed by atoms with Crippen LogP contribution in [0.3, 0.4) is 0 Å². The van der Waals surface area contributed by atoms with Gasteiger partial charge in [0.1, 0.15) is 6.04 Å². The maximum atomic E-state index is 11.1. The zero-order chi connectivity index (χ0) is 13.7. The van der Waals surface area contributed by atoms with Crippen LogP contribution >= 0.6 is 11.6 Å². The fourth-order valence-corrected chi connectivity index (χ4v) is 2.21. The minimum Gasteiger partial charge on any atom is -0.480 e. The Balaban J connectivity index is 2.63. The molecule has 1 rings (SSSR count). The van der Waals surface area contributed by atoms with Crippen molar-refractivity contribution in [2.75, 3.05) is 0 Å². The first-order valence-electron chi connectivity index (χ1n) is 6.10. The van der Waals surface area contributed by atoms with Crippen LogP contribution in [-0.2, 0) is 11.3 Å². The van der Waals surface area contributed by atoms with Crippen molar-refractivity contribution in [1.29, 1.82) is 0 Å². The summed E-state index contributed by atoms with van der Waals surface area (Å²) in [7, 11) is 0. The van der Waals surface area contributed by atoms with Crippen LogP contribution in [0.15, 0.2) is 18.2 Å². The molecule has 1 aromatic carbocycles. The second-order valence-electron chi connectivity index (χ2n) is 5.04. The smallest absolute Gasteiger partial charge is 0.320 e. The predicted molar refractivity (Wildman–Crippen MR) is 73.9 cm³/mol. The molecule has 100 valence electrons. The van der Waals surface area contributed by atoms with Crippen LogP contribution in [0.4, 0.5) is 0 Å². The zero-order valence-electron chi connectivity index (χ0n) is 11.0. The number of carboxylic acid groups (broad SMARTS) is 1. The van der Waals surface area contributed by atoms with Gasteiger partial charge in [-0.1, -0.05) is 31.5 Å². The molecule has 0 aliphatic heterocycles. The van der Waals surface area contributed by atoms with E-state index >= 15 is 0 Å². The summed E-state index contributed by atoms with van der Waals surface area (Å²) in [5.41, 5.74) is 2.09. The maximum absolute atomic E-state index is 11.1. The summed E-state index contributed by atoms with van der Waals surface area (Å²) in [6.45, 7) is 6.52. The minimum absolute atomic E-state index is 0.347. The number of aliphatic carboxylic acids is 1. The third-order valence-corrected chi connectivity index (χ3v) is 2.88. The molecule has 0 aromatic heterocycles. The lowest BCUT2D eigenvalue weighted by atomic mass is 10.0. The summed E-state index contributed by atoms with van der Waals surface area (Å²) in [5, 5.41) is 12.9. The molecule has 3 nitrogen and oxygen atoms in total. The van der Waals surface area contributed by atoms with Crippen LogP contribution < -0.4 is 5.32 Å². The maximum Gasteiger partial charge on any atom is 0.320 e. The Morgan fingerprint density at radius 3 is 2.56 bits per heavy atom. The van der Waals surface area contributed by atoms with E-state index in [4.69, 9.17) is 16.7 Å². The highest BCUT2D eigenvalue weighted by Crippen LogP contribution is 2.15. The van der Waals surface area contributed by atoms with E-state index in [0.717, 1.165) is 11.1 Å². The molecule has 4 heteroatoms. The van der Waals surface area contributed by atoms with Crippen molar-refractivity contribution in [3.8, 4) is 0 Å². The normalized spacial score (nSPS) is 12.7. The van der Waals surface area contributed by atoms with E-state index in [9.17, 15) is 4.79 Å². The molecule has 0 radical (unpaired) electrons. The van der Waals surface area contributed by atoms with Crippen molar-refractivity contribution in [1.82, 2.24) is 5.32 Å². The quantitative estimate of drug-likeness (QED) is 0.834. The molecule has 0 fully saturated rings.